The topological polar surface area (TPSA) is 26.2 Å². The number of hydrogen-bond donors (Lipinski definition) is 1. The Morgan fingerprint density at radius 2 is 2.26 bits per heavy atom. The van der Waals surface area contributed by atoms with Crippen molar-refractivity contribution in [1.29, 1.82) is 0 Å². The summed E-state index contributed by atoms with van der Waals surface area (Å²) in [6.07, 6.45) is 9.60. The number of aryl methyl sites for hydroxylation is 1. The Hall–Kier alpha value is -0.800. The summed E-state index contributed by atoms with van der Waals surface area (Å²) in [5.74, 6) is 0.867. The fourth-order valence-electron chi connectivity index (χ4n) is 2.56. The van der Waals surface area contributed by atoms with Gasteiger partial charge in [0.2, 0.25) is 0 Å². The molecule has 3 nitrogen and oxygen atoms in total. The molecule has 1 heterocycles. The average molecular weight is 264 g/mol. The van der Waals surface area contributed by atoms with Crippen molar-refractivity contribution in [3.05, 3.63) is 24.0 Å². The second-order valence-corrected chi connectivity index (χ2v) is 5.50. The molecule has 1 N–H and O–H groups in total. The molecule has 1 aromatic rings. The van der Waals surface area contributed by atoms with Gasteiger partial charge in [0.05, 0.1) is 0 Å². The molecule has 1 aliphatic rings. The predicted octanol–water partition coefficient (Wildman–Crippen LogP) is 3.37. The Morgan fingerprint density at radius 3 is 2.95 bits per heavy atom. The van der Waals surface area contributed by atoms with E-state index in [4.69, 9.17) is 4.74 Å². The molecule has 3 heteroatoms. The summed E-state index contributed by atoms with van der Waals surface area (Å²) < 4.78 is 7.69. The van der Waals surface area contributed by atoms with E-state index in [0.717, 1.165) is 38.6 Å². The molecule has 0 spiro atoms. The lowest BCUT2D eigenvalue weighted by molar-refractivity contribution is 0.141. The van der Waals surface area contributed by atoms with E-state index in [1.807, 2.05) is 6.92 Å². The van der Waals surface area contributed by atoms with Crippen molar-refractivity contribution in [2.45, 2.75) is 52.1 Å². The van der Waals surface area contributed by atoms with Crippen LogP contribution in [0, 0.1) is 5.92 Å². The van der Waals surface area contributed by atoms with Crippen LogP contribution in [-0.2, 0) is 11.3 Å². The van der Waals surface area contributed by atoms with E-state index in [1.165, 1.54) is 24.8 Å². The monoisotopic (exact) mass is 264 g/mol. The third kappa shape index (κ3) is 4.66. The van der Waals surface area contributed by atoms with Gasteiger partial charge in [0, 0.05) is 38.2 Å². The molecule has 1 saturated carbocycles. The third-order valence-corrected chi connectivity index (χ3v) is 3.75. The lowest BCUT2D eigenvalue weighted by Crippen LogP contribution is -2.23. The lowest BCUT2D eigenvalue weighted by atomic mass is 10.1. The second kappa shape index (κ2) is 7.71. The Balaban J connectivity index is 1.83. The minimum atomic E-state index is 0.577. The van der Waals surface area contributed by atoms with E-state index in [1.54, 1.807) is 0 Å². The highest BCUT2D eigenvalue weighted by atomic mass is 16.5. The summed E-state index contributed by atoms with van der Waals surface area (Å²) in [5, 5.41) is 3.70. The van der Waals surface area contributed by atoms with Gasteiger partial charge in [0.25, 0.3) is 0 Å². The number of nitrogens with one attached hydrogen (secondary N) is 1. The van der Waals surface area contributed by atoms with Gasteiger partial charge in [-0.25, -0.2) is 0 Å². The summed E-state index contributed by atoms with van der Waals surface area (Å²) in [4.78, 5) is 0. The zero-order valence-corrected chi connectivity index (χ0v) is 12.4. The number of nitrogens with zero attached hydrogens (tertiary/aromatic N) is 1. The van der Waals surface area contributed by atoms with Crippen LogP contribution < -0.4 is 5.32 Å². The van der Waals surface area contributed by atoms with Crippen molar-refractivity contribution in [1.82, 2.24) is 9.88 Å². The summed E-state index contributed by atoms with van der Waals surface area (Å²) in [5.41, 5.74) is 1.47. The van der Waals surface area contributed by atoms with Gasteiger partial charge in [0.1, 0.15) is 0 Å². The first-order chi connectivity index (χ1) is 9.35. The van der Waals surface area contributed by atoms with E-state index < -0.39 is 0 Å². The number of aromatic nitrogens is 1. The molecular formula is C16H28N2O. The van der Waals surface area contributed by atoms with E-state index in [0.29, 0.717) is 6.04 Å². The van der Waals surface area contributed by atoms with Gasteiger partial charge in [-0.3, -0.25) is 0 Å². The number of rotatable bonds is 10. The molecule has 0 amide bonds. The first kappa shape index (κ1) is 14.6. The van der Waals surface area contributed by atoms with Crippen LogP contribution in [0.1, 0.15) is 51.1 Å². The highest BCUT2D eigenvalue weighted by Gasteiger charge is 2.32. The van der Waals surface area contributed by atoms with Crippen molar-refractivity contribution in [3.8, 4) is 0 Å². The predicted molar refractivity (Wildman–Crippen MR) is 79.3 cm³/mol. The van der Waals surface area contributed by atoms with Gasteiger partial charge < -0.3 is 14.6 Å². The van der Waals surface area contributed by atoms with E-state index in [-0.39, 0.29) is 0 Å². The minimum Gasteiger partial charge on any atom is -0.382 e. The molecular weight excluding hydrogens is 236 g/mol. The second-order valence-electron chi connectivity index (χ2n) is 5.50. The molecule has 1 fully saturated rings. The van der Waals surface area contributed by atoms with Crippen LogP contribution in [0.15, 0.2) is 18.5 Å². The van der Waals surface area contributed by atoms with E-state index in [2.05, 4.69) is 35.3 Å². The normalized spacial score (nSPS) is 16.7. The molecule has 0 saturated heterocycles. The molecule has 19 heavy (non-hydrogen) atoms. The molecule has 1 atom stereocenters. The van der Waals surface area contributed by atoms with Crippen LogP contribution in [0.2, 0.25) is 0 Å². The van der Waals surface area contributed by atoms with Gasteiger partial charge in [0.15, 0.2) is 0 Å². The Bertz CT molecular complexity index is 357. The van der Waals surface area contributed by atoms with Crippen molar-refractivity contribution in [3.63, 3.8) is 0 Å². The largest absolute Gasteiger partial charge is 0.382 e. The SMILES string of the molecule is CCCNC(c1ccn(CCCOCC)c1)C1CC1. The van der Waals surface area contributed by atoms with Crippen LogP contribution in [0.5, 0.6) is 0 Å². The van der Waals surface area contributed by atoms with Gasteiger partial charge in [-0.1, -0.05) is 6.92 Å². The standard InChI is InChI=1S/C16H28N2O/c1-3-9-17-16(14-6-7-14)15-8-11-18(13-15)10-5-12-19-4-2/h8,11,13-14,16-17H,3-7,9-10,12H2,1-2H3. The van der Waals surface area contributed by atoms with Gasteiger partial charge >= 0.3 is 0 Å². The molecule has 1 aromatic heterocycles. The maximum Gasteiger partial charge on any atom is 0.0482 e. The molecule has 0 aromatic carbocycles. The molecule has 1 aliphatic carbocycles. The van der Waals surface area contributed by atoms with Crippen LogP contribution in [0.4, 0.5) is 0 Å². The van der Waals surface area contributed by atoms with Crippen molar-refractivity contribution < 1.29 is 4.74 Å². The van der Waals surface area contributed by atoms with Gasteiger partial charge in [-0.2, -0.15) is 0 Å². The molecule has 0 aliphatic heterocycles. The maximum absolute atomic E-state index is 5.39. The molecule has 0 radical (unpaired) electrons. The minimum absolute atomic E-state index is 0.577. The first-order valence-electron chi connectivity index (χ1n) is 7.82. The average Bonchev–Trinajstić information content (AvgIpc) is 3.15. The van der Waals surface area contributed by atoms with Crippen molar-refractivity contribution >= 4 is 0 Å². The Kier molecular flexibility index (Phi) is 5.93. The Labute approximate surface area is 117 Å². The molecule has 2 rings (SSSR count). The van der Waals surface area contributed by atoms with Crippen molar-refractivity contribution in [2.24, 2.45) is 5.92 Å². The first-order valence-corrected chi connectivity index (χ1v) is 7.82. The molecule has 0 bridgehead atoms. The quantitative estimate of drug-likeness (QED) is 0.656. The summed E-state index contributed by atoms with van der Waals surface area (Å²) in [6.45, 7) is 8.15. The summed E-state index contributed by atoms with van der Waals surface area (Å²) in [7, 11) is 0. The Morgan fingerprint density at radius 1 is 1.42 bits per heavy atom. The van der Waals surface area contributed by atoms with Crippen molar-refractivity contribution in [2.75, 3.05) is 19.8 Å². The maximum atomic E-state index is 5.39. The highest BCUT2D eigenvalue weighted by molar-refractivity contribution is 5.18. The fourth-order valence-corrected chi connectivity index (χ4v) is 2.56. The van der Waals surface area contributed by atoms with Gasteiger partial charge in [-0.15, -0.1) is 0 Å². The third-order valence-electron chi connectivity index (χ3n) is 3.75. The number of ether oxygens (including phenoxy) is 1. The van der Waals surface area contributed by atoms with Gasteiger partial charge in [-0.05, 0) is 56.7 Å². The highest BCUT2D eigenvalue weighted by Crippen LogP contribution is 2.41. The zero-order valence-electron chi connectivity index (χ0n) is 12.4. The molecule has 108 valence electrons. The van der Waals surface area contributed by atoms with E-state index in [9.17, 15) is 0 Å². The lowest BCUT2D eigenvalue weighted by Gasteiger charge is -2.16. The van der Waals surface area contributed by atoms with Crippen LogP contribution >= 0.6 is 0 Å². The summed E-state index contributed by atoms with van der Waals surface area (Å²) in [6, 6.07) is 2.86. The summed E-state index contributed by atoms with van der Waals surface area (Å²) >= 11 is 0. The van der Waals surface area contributed by atoms with Crippen LogP contribution in [0.3, 0.4) is 0 Å². The molecule has 1 unspecified atom stereocenters. The van der Waals surface area contributed by atoms with Crippen LogP contribution in [0.25, 0.3) is 0 Å². The number of hydrogen-bond acceptors (Lipinski definition) is 2. The smallest absolute Gasteiger partial charge is 0.0482 e. The zero-order chi connectivity index (χ0) is 13.5. The fraction of sp³-hybridized carbons (Fsp3) is 0.750. The van der Waals surface area contributed by atoms with Crippen LogP contribution in [-0.4, -0.2) is 24.3 Å². The van der Waals surface area contributed by atoms with E-state index >= 15 is 0 Å².